The number of ether oxygens (including phenoxy) is 1. The van der Waals surface area contributed by atoms with Crippen LogP contribution in [0.25, 0.3) is 5.65 Å². The molecule has 1 aliphatic rings. The van der Waals surface area contributed by atoms with E-state index in [-0.39, 0.29) is 31.0 Å². The van der Waals surface area contributed by atoms with Crippen molar-refractivity contribution >= 4 is 23.2 Å². The van der Waals surface area contributed by atoms with Crippen molar-refractivity contribution in [3.05, 3.63) is 75.3 Å². The maximum atomic E-state index is 12.6. The fourth-order valence-electron chi connectivity index (χ4n) is 3.72. The zero-order valence-electron chi connectivity index (χ0n) is 17.2. The molecule has 7 heteroatoms. The SMILES string of the molecule is Cc1ccc2nc(COC(=O)[C@@H]3CC(=O)N(c4cccc(C)c4C)C3)cc(=O)n2c1. The lowest BCUT2D eigenvalue weighted by Gasteiger charge is -2.20. The predicted molar refractivity (Wildman–Crippen MR) is 112 cm³/mol. The Morgan fingerprint density at radius 2 is 1.97 bits per heavy atom. The highest BCUT2D eigenvalue weighted by molar-refractivity contribution is 6.00. The van der Waals surface area contributed by atoms with E-state index < -0.39 is 11.9 Å². The van der Waals surface area contributed by atoms with Crippen molar-refractivity contribution in [2.75, 3.05) is 11.4 Å². The number of nitrogens with zero attached hydrogens (tertiary/aromatic N) is 3. The molecule has 1 saturated heterocycles. The second-order valence-electron chi connectivity index (χ2n) is 7.75. The van der Waals surface area contributed by atoms with Crippen LogP contribution in [-0.4, -0.2) is 27.8 Å². The molecule has 0 spiro atoms. The molecule has 7 nitrogen and oxygen atoms in total. The summed E-state index contributed by atoms with van der Waals surface area (Å²) in [5.74, 6) is -1.09. The van der Waals surface area contributed by atoms with E-state index in [4.69, 9.17) is 4.74 Å². The van der Waals surface area contributed by atoms with Gasteiger partial charge in [0, 0.05) is 30.9 Å². The normalized spacial score (nSPS) is 16.3. The van der Waals surface area contributed by atoms with Gasteiger partial charge in [0.1, 0.15) is 12.3 Å². The van der Waals surface area contributed by atoms with Gasteiger partial charge in [-0.1, -0.05) is 18.2 Å². The molecule has 0 aliphatic carbocycles. The van der Waals surface area contributed by atoms with E-state index in [0.717, 1.165) is 22.4 Å². The fourth-order valence-corrected chi connectivity index (χ4v) is 3.72. The summed E-state index contributed by atoms with van der Waals surface area (Å²) < 4.78 is 6.85. The number of aryl methyl sites for hydroxylation is 2. The molecule has 4 rings (SSSR count). The summed E-state index contributed by atoms with van der Waals surface area (Å²) >= 11 is 0. The third-order valence-corrected chi connectivity index (χ3v) is 5.55. The zero-order valence-corrected chi connectivity index (χ0v) is 17.2. The van der Waals surface area contributed by atoms with Crippen molar-refractivity contribution in [2.24, 2.45) is 5.92 Å². The van der Waals surface area contributed by atoms with Gasteiger partial charge in [-0.3, -0.25) is 18.8 Å². The number of carbonyl (C=O) groups excluding carboxylic acids is 2. The Morgan fingerprint density at radius 1 is 1.17 bits per heavy atom. The molecule has 1 aliphatic heterocycles. The number of carbonyl (C=O) groups is 2. The highest BCUT2D eigenvalue weighted by Crippen LogP contribution is 2.30. The molecule has 3 aromatic rings. The van der Waals surface area contributed by atoms with Crippen LogP contribution in [0.5, 0.6) is 0 Å². The molecule has 1 fully saturated rings. The van der Waals surface area contributed by atoms with Crippen LogP contribution < -0.4 is 10.5 Å². The Hall–Kier alpha value is -3.48. The van der Waals surface area contributed by atoms with E-state index in [0.29, 0.717) is 11.3 Å². The van der Waals surface area contributed by atoms with Gasteiger partial charge in [-0.15, -0.1) is 0 Å². The van der Waals surface area contributed by atoms with Crippen LogP contribution in [-0.2, 0) is 20.9 Å². The van der Waals surface area contributed by atoms with Gasteiger partial charge >= 0.3 is 5.97 Å². The standard InChI is InChI=1S/C23H23N3O4/c1-14-7-8-20-24-18(10-22(28)26(20)11-14)13-30-23(29)17-9-21(27)25(12-17)19-6-4-5-15(2)16(19)3/h4-8,10-11,17H,9,12-13H2,1-3H3/t17-/m1/s1. The van der Waals surface area contributed by atoms with Crippen molar-refractivity contribution in [3.8, 4) is 0 Å². The number of esters is 1. The molecule has 1 aromatic carbocycles. The van der Waals surface area contributed by atoms with Gasteiger partial charge in [-0.2, -0.15) is 0 Å². The smallest absolute Gasteiger partial charge is 0.311 e. The van der Waals surface area contributed by atoms with Crippen LogP contribution in [0, 0.1) is 26.7 Å². The molecule has 0 N–H and O–H groups in total. The number of aromatic nitrogens is 2. The summed E-state index contributed by atoms with van der Waals surface area (Å²) in [4.78, 5) is 43.4. The predicted octanol–water partition coefficient (Wildman–Crippen LogP) is 2.72. The maximum Gasteiger partial charge on any atom is 0.311 e. The third kappa shape index (κ3) is 3.70. The quantitative estimate of drug-likeness (QED) is 0.624. The van der Waals surface area contributed by atoms with Crippen molar-refractivity contribution in [3.63, 3.8) is 0 Å². The average Bonchev–Trinajstić information content (AvgIpc) is 3.10. The van der Waals surface area contributed by atoms with Crippen LogP contribution >= 0.6 is 0 Å². The minimum atomic E-state index is -0.540. The lowest BCUT2D eigenvalue weighted by atomic mass is 10.1. The van der Waals surface area contributed by atoms with Crippen molar-refractivity contribution in [1.82, 2.24) is 9.38 Å². The van der Waals surface area contributed by atoms with E-state index in [9.17, 15) is 14.4 Å². The molecule has 0 unspecified atom stereocenters. The lowest BCUT2D eigenvalue weighted by Crippen LogP contribution is -2.27. The summed E-state index contributed by atoms with van der Waals surface area (Å²) in [6, 6.07) is 10.8. The average molecular weight is 405 g/mol. The number of hydrogen-bond donors (Lipinski definition) is 0. The molecular formula is C23H23N3O4. The molecule has 30 heavy (non-hydrogen) atoms. The monoisotopic (exact) mass is 405 g/mol. The Morgan fingerprint density at radius 3 is 2.77 bits per heavy atom. The minimum absolute atomic E-state index is 0.0944. The fraction of sp³-hybridized carbons (Fsp3) is 0.304. The van der Waals surface area contributed by atoms with Crippen LogP contribution in [0.3, 0.4) is 0 Å². The molecule has 2 aromatic heterocycles. The first-order valence-electron chi connectivity index (χ1n) is 9.85. The molecule has 154 valence electrons. The van der Waals surface area contributed by atoms with Gasteiger partial charge in [0.15, 0.2) is 0 Å². The first kappa shape index (κ1) is 19.8. The van der Waals surface area contributed by atoms with Gasteiger partial charge in [-0.25, -0.2) is 4.98 Å². The number of benzene rings is 1. The zero-order chi connectivity index (χ0) is 21.4. The summed E-state index contributed by atoms with van der Waals surface area (Å²) in [7, 11) is 0. The van der Waals surface area contributed by atoms with Crippen LogP contribution in [0.15, 0.2) is 47.4 Å². The summed E-state index contributed by atoms with van der Waals surface area (Å²) in [5, 5.41) is 0. The van der Waals surface area contributed by atoms with Crippen molar-refractivity contribution < 1.29 is 14.3 Å². The first-order valence-corrected chi connectivity index (χ1v) is 9.85. The van der Waals surface area contributed by atoms with E-state index in [2.05, 4.69) is 4.98 Å². The number of rotatable bonds is 4. The van der Waals surface area contributed by atoms with E-state index in [1.54, 1.807) is 17.2 Å². The molecule has 0 bridgehead atoms. The van der Waals surface area contributed by atoms with Gasteiger partial charge in [0.2, 0.25) is 5.91 Å². The molecule has 1 atom stereocenters. The molecular weight excluding hydrogens is 382 g/mol. The minimum Gasteiger partial charge on any atom is -0.459 e. The second-order valence-corrected chi connectivity index (χ2v) is 7.75. The van der Waals surface area contributed by atoms with E-state index in [1.807, 2.05) is 45.0 Å². The summed E-state index contributed by atoms with van der Waals surface area (Å²) in [5.41, 5.74) is 4.54. The van der Waals surface area contributed by atoms with Crippen LogP contribution in [0.4, 0.5) is 5.69 Å². The maximum absolute atomic E-state index is 12.6. The molecule has 0 saturated carbocycles. The van der Waals surface area contributed by atoms with Crippen molar-refractivity contribution in [1.29, 1.82) is 0 Å². The molecule has 1 amide bonds. The largest absolute Gasteiger partial charge is 0.459 e. The van der Waals surface area contributed by atoms with Gasteiger partial charge < -0.3 is 9.64 Å². The van der Waals surface area contributed by atoms with E-state index in [1.165, 1.54) is 10.5 Å². The third-order valence-electron chi connectivity index (χ3n) is 5.55. The Bertz CT molecular complexity index is 1210. The molecule has 0 radical (unpaired) electrons. The van der Waals surface area contributed by atoms with Crippen LogP contribution in [0.2, 0.25) is 0 Å². The van der Waals surface area contributed by atoms with Gasteiger partial charge in [0.25, 0.3) is 5.56 Å². The highest BCUT2D eigenvalue weighted by Gasteiger charge is 2.36. The number of anilines is 1. The highest BCUT2D eigenvalue weighted by atomic mass is 16.5. The Kier molecular flexibility index (Phi) is 5.11. The number of pyridine rings is 1. The van der Waals surface area contributed by atoms with Crippen molar-refractivity contribution in [2.45, 2.75) is 33.8 Å². The van der Waals surface area contributed by atoms with Gasteiger partial charge in [-0.05, 0) is 49.6 Å². The number of amides is 1. The molecule has 3 heterocycles. The summed E-state index contributed by atoms with van der Waals surface area (Å²) in [6.07, 6.45) is 1.83. The number of fused-ring (bicyclic) bond motifs is 1. The Labute approximate surface area is 173 Å². The number of hydrogen-bond acceptors (Lipinski definition) is 5. The second kappa shape index (κ2) is 7.74. The van der Waals surface area contributed by atoms with Crippen LogP contribution in [0.1, 0.15) is 28.8 Å². The lowest BCUT2D eigenvalue weighted by molar-refractivity contribution is -0.149. The topological polar surface area (TPSA) is 81.0 Å². The van der Waals surface area contributed by atoms with E-state index >= 15 is 0 Å². The first-order chi connectivity index (χ1) is 14.3. The summed E-state index contributed by atoms with van der Waals surface area (Å²) in [6.45, 7) is 6.04. The van der Waals surface area contributed by atoms with Gasteiger partial charge in [0.05, 0.1) is 11.6 Å². The Balaban J connectivity index is 1.45.